The first-order chi connectivity index (χ1) is 11.9. The smallest absolute Gasteiger partial charge is 0.270 e. The highest BCUT2D eigenvalue weighted by Crippen LogP contribution is 2.20. The zero-order valence-electron chi connectivity index (χ0n) is 14.0. The standard InChI is InChI=1S/C18H19N3O3S/c1-3-12(2)13-7-9-15(10-8-13)19-18(25)20-17(22)14-5-4-6-16(11-14)21(23)24/h4-12H,3H2,1-2H3,(H2,19,20,22,25)/t12-/m1/s1. The third-order valence-electron chi connectivity index (χ3n) is 3.90. The highest BCUT2D eigenvalue weighted by atomic mass is 32.1. The number of carbonyl (C=O) groups is 1. The van der Waals surface area contributed by atoms with Crippen molar-refractivity contribution in [3.05, 3.63) is 69.8 Å². The third-order valence-corrected chi connectivity index (χ3v) is 4.10. The molecular weight excluding hydrogens is 338 g/mol. The second-order valence-electron chi connectivity index (χ2n) is 5.65. The van der Waals surface area contributed by atoms with Crippen LogP contribution in [0.5, 0.6) is 0 Å². The highest BCUT2D eigenvalue weighted by molar-refractivity contribution is 7.80. The van der Waals surface area contributed by atoms with Crippen molar-refractivity contribution in [3.8, 4) is 0 Å². The van der Waals surface area contributed by atoms with Crippen LogP contribution in [0, 0.1) is 10.1 Å². The molecule has 1 atom stereocenters. The number of anilines is 1. The van der Waals surface area contributed by atoms with Gasteiger partial charge in [-0.25, -0.2) is 0 Å². The maximum absolute atomic E-state index is 12.1. The average molecular weight is 357 g/mol. The van der Waals surface area contributed by atoms with E-state index < -0.39 is 10.8 Å². The van der Waals surface area contributed by atoms with E-state index in [1.54, 1.807) is 0 Å². The van der Waals surface area contributed by atoms with Gasteiger partial charge in [-0.15, -0.1) is 0 Å². The molecule has 0 aliphatic rings. The van der Waals surface area contributed by atoms with Crippen LogP contribution < -0.4 is 10.6 Å². The molecule has 0 saturated heterocycles. The van der Waals surface area contributed by atoms with Gasteiger partial charge in [0.05, 0.1) is 4.92 Å². The van der Waals surface area contributed by atoms with E-state index in [1.807, 2.05) is 24.3 Å². The fourth-order valence-corrected chi connectivity index (χ4v) is 2.44. The number of nitrogens with one attached hydrogen (secondary N) is 2. The molecule has 0 aromatic heterocycles. The minimum Gasteiger partial charge on any atom is -0.332 e. The molecule has 0 spiro atoms. The minimum atomic E-state index is -0.549. The normalized spacial score (nSPS) is 11.4. The van der Waals surface area contributed by atoms with Crippen LogP contribution in [0.3, 0.4) is 0 Å². The molecule has 0 aliphatic heterocycles. The molecule has 1 amide bonds. The van der Waals surface area contributed by atoms with Crippen molar-refractivity contribution in [2.45, 2.75) is 26.2 Å². The number of benzene rings is 2. The Balaban J connectivity index is 1.99. The molecule has 0 bridgehead atoms. The van der Waals surface area contributed by atoms with Gasteiger partial charge in [0.15, 0.2) is 5.11 Å². The molecule has 0 radical (unpaired) electrons. The van der Waals surface area contributed by atoms with E-state index in [-0.39, 0.29) is 16.4 Å². The number of hydrogen-bond acceptors (Lipinski definition) is 4. The topological polar surface area (TPSA) is 84.3 Å². The summed E-state index contributed by atoms with van der Waals surface area (Å²) in [6.45, 7) is 4.29. The molecule has 0 heterocycles. The van der Waals surface area contributed by atoms with E-state index in [0.29, 0.717) is 5.92 Å². The molecule has 2 aromatic carbocycles. The van der Waals surface area contributed by atoms with Crippen molar-refractivity contribution >= 4 is 34.6 Å². The lowest BCUT2D eigenvalue weighted by molar-refractivity contribution is -0.384. The minimum absolute atomic E-state index is 0.132. The van der Waals surface area contributed by atoms with E-state index in [4.69, 9.17) is 12.2 Å². The van der Waals surface area contributed by atoms with Crippen molar-refractivity contribution in [1.82, 2.24) is 5.32 Å². The third kappa shape index (κ3) is 5.09. The van der Waals surface area contributed by atoms with Gasteiger partial charge in [-0.2, -0.15) is 0 Å². The molecule has 2 rings (SSSR count). The summed E-state index contributed by atoms with van der Waals surface area (Å²) in [5.41, 5.74) is 2.02. The SMILES string of the molecule is CC[C@@H](C)c1ccc(NC(=S)NC(=O)c2cccc([N+](=O)[O-])c2)cc1. The van der Waals surface area contributed by atoms with Gasteiger partial charge in [0.25, 0.3) is 11.6 Å². The zero-order chi connectivity index (χ0) is 18.4. The second kappa shape index (κ2) is 8.34. The van der Waals surface area contributed by atoms with Crippen molar-refractivity contribution in [2.24, 2.45) is 0 Å². The van der Waals surface area contributed by atoms with Gasteiger partial charge < -0.3 is 5.32 Å². The van der Waals surface area contributed by atoms with Crippen molar-refractivity contribution in [2.75, 3.05) is 5.32 Å². The number of nitrogens with zero attached hydrogens (tertiary/aromatic N) is 1. The van der Waals surface area contributed by atoms with Crippen LogP contribution in [0.2, 0.25) is 0 Å². The predicted octanol–water partition coefficient (Wildman–Crippen LogP) is 4.24. The van der Waals surface area contributed by atoms with Crippen LogP contribution in [-0.4, -0.2) is 15.9 Å². The Morgan fingerprint density at radius 3 is 2.52 bits per heavy atom. The largest absolute Gasteiger partial charge is 0.332 e. The molecule has 2 aromatic rings. The van der Waals surface area contributed by atoms with Crippen molar-refractivity contribution in [3.63, 3.8) is 0 Å². The molecule has 2 N–H and O–H groups in total. The summed E-state index contributed by atoms with van der Waals surface area (Å²) in [5, 5.41) is 16.4. The van der Waals surface area contributed by atoms with E-state index in [9.17, 15) is 14.9 Å². The van der Waals surface area contributed by atoms with Gasteiger partial charge in [0.2, 0.25) is 0 Å². The molecule has 0 unspecified atom stereocenters. The Hall–Kier alpha value is -2.80. The maximum Gasteiger partial charge on any atom is 0.270 e. The van der Waals surface area contributed by atoms with Gasteiger partial charge in [0, 0.05) is 23.4 Å². The van der Waals surface area contributed by atoms with E-state index in [1.165, 1.54) is 29.8 Å². The highest BCUT2D eigenvalue weighted by Gasteiger charge is 2.12. The van der Waals surface area contributed by atoms with Gasteiger partial charge in [0.1, 0.15) is 0 Å². The predicted molar refractivity (Wildman–Crippen MR) is 102 cm³/mol. The quantitative estimate of drug-likeness (QED) is 0.475. The van der Waals surface area contributed by atoms with Gasteiger partial charge >= 0.3 is 0 Å². The Morgan fingerprint density at radius 1 is 1.24 bits per heavy atom. The van der Waals surface area contributed by atoms with Crippen LogP contribution in [0.4, 0.5) is 11.4 Å². The summed E-state index contributed by atoms with van der Waals surface area (Å²) < 4.78 is 0. The molecule has 6 nitrogen and oxygen atoms in total. The molecule has 130 valence electrons. The summed E-state index contributed by atoms with van der Waals surface area (Å²) in [6.07, 6.45) is 1.06. The first-order valence-electron chi connectivity index (χ1n) is 7.87. The van der Waals surface area contributed by atoms with E-state index >= 15 is 0 Å². The van der Waals surface area contributed by atoms with E-state index in [2.05, 4.69) is 24.5 Å². The first kappa shape index (κ1) is 18.5. The molecule has 0 saturated carbocycles. The van der Waals surface area contributed by atoms with E-state index in [0.717, 1.165) is 12.1 Å². The summed E-state index contributed by atoms with van der Waals surface area (Å²) >= 11 is 5.13. The summed E-state index contributed by atoms with van der Waals surface area (Å²) in [7, 11) is 0. The molecule has 7 heteroatoms. The van der Waals surface area contributed by atoms with Gasteiger partial charge in [-0.3, -0.25) is 20.2 Å². The lowest BCUT2D eigenvalue weighted by atomic mass is 9.99. The lowest BCUT2D eigenvalue weighted by Gasteiger charge is -2.12. The van der Waals surface area contributed by atoms with Crippen LogP contribution in [-0.2, 0) is 0 Å². The zero-order valence-corrected chi connectivity index (χ0v) is 14.8. The number of thiocarbonyl (C=S) groups is 1. The monoisotopic (exact) mass is 357 g/mol. The number of nitro groups is 1. The average Bonchev–Trinajstić information content (AvgIpc) is 2.61. The maximum atomic E-state index is 12.1. The number of non-ortho nitro benzene ring substituents is 1. The Bertz CT molecular complexity index is 790. The van der Waals surface area contributed by atoms with Crippen LogP contribution in [0.15, 0.2) is 48.5 Å². The van der Waals surface area contributed by atoms with Crippen molar-refractivity contribution in [1.29, 1.82) is 0 Å². The van der Waals surface area contributed by atoms with Crippen LogP contribution in [0.25, 0.3) is 0 Å². The fraction of sp³-hybridized carbons (Fsp3) is 0.222. The molecule has 25 heavy (non-hydrogen) atoms. The van der Waals surface area contributed by atoms with Crippen LogP contribution in [0.1, 0.15) is 42.1 Å². The molecule has 0 aliphatic carbocycles. The number of carbonyl (C=O) groups excluding carboxylic acids is 1. The second-order valence-corrected chi connectivity index (χ2v) is 6.06. The summed E-state index contributed by atoms with van der Waals surface area (Å²) in [6, 6.07) is 13.3. The lowest BCUT2D eigenvalue weighted by Crippen LogP contribution is -2.34. The molecular formula is C18H19N3O3S. The van der Waals surface area contributed by atoms with Crippen molar-refractivity contribution < 1.29 is 9.72 Å². The van der Waals surface area contributed by atoms with Crippen LogP contribution >= 0.6 is 12.2 Å². The number of nitro benzene ring substituents is 1. The Labute approximate surface area is 151 Å². The number of hydrogen-bond donors (Lipinski definition) is 2. The van der Waals surface area contributed by atoms with Gasteiger partial charge in [-0.1, -0.05) is 32.0 Å². The summed E-state index contributed by atoms with van der Waals surface area (Å²) in [4.78, 5) is 22.4. The fourth-order valence-electron chi connectivity index (χ4n) is 2.23. The Kier molecular flexibility index (Phi) is 6.19. The Morgan fingerprint density at radius 2 is 1.92 bits per heavy atom. The van der Waals surface area contributed by atoms with Gasteiger partial charge in [-0.05, 0) is 48.3 Å². The number of amides is 1. The first-order valence-corrected chi connectivity index (χ1v) is 8.28. The number of rotatable bonds is 5. The summed E-state index contributed by atoms with van der Waals surface area (Å²) in [5.74, 6) is -0.0213. The molecule has 0 fully saturated rings.